The van der Waals surface area contributed by atoms with Crippen LogP contribution in [-0.4, -0.2) is 29.3 Å². The van der Waals surface area contributed by atoms with Gasteiger partial charge in [0.05, 0.1) is 12.6 Å². The zero-order valence-corrected chi connectivity index (χ0v) is 8.73. The molecular formula is C11H15FN2O. The van der Waals surface area contributed by atoms with Crippen molar-refractivity contribution in [2.45, 2.75) is 19.4 Å². The van der Waals surface area contributed by atoms with Crippen molar-refractivity contribution < 1.29 is 9.50 Å². The van der Waals surface area contributed by atoms with Crippen molar-refractivity contribution in [1.29, 1.82) is 0 Å². The molecule has 0 unspecified atom stereocenters. The number of nitrogens with zero attached hydrogens (tertiary/aromatic N) is 2. The molecule has 0 aliphatic carbocycles. The molecule has 2 atom stereocenters. The van der Waals surface area contributed by atoms with E-state index < -0.39 is 0 Å². The third-order valence-electron chi connectivity index (χ3n) is 3.08. The molecule has 1 N–H and O–H groups in total. The SMILES string of the molecule is C[C@@H]1CCN(c2ncccc2F)[C@H]1CO. The van der Waals surface area contributed by atoms with Gasteiger partial charge in [-0.15, -0.1) is 0 Å². The van der Waals surface area contributed by atoms with Crippen LogP contribution >= 0.6 is 0 Å². The highest BCUT2D eigenvalue weighted by Crippen LogP contribution is 2.29. The van der Waals surface area contributed by atoms with Crippen molar-refractivity contribution in [2.75, 3.05) is 18.1 Å². The van der Waals surface area contributed by atoms with Crippen LogP contribution in [0.1, 0.15) is 13.3 Å². The lowest BCUT2D eigenvalue weighted by molar-refractivity contribution is 0.244. The van der Waals surface area contributed by atoms with E-state index in [1.807, 2.05) is 4.90 Å². The maximum absolute atomic E-state index is 13.5. The lowest BCUT2D eigenvalue weighted by Gasteiger charge is -2.26. The molecule has 2 rings (SSSR count). The van der Waals surface area contributed by atoms with E-state index in [0.29, 0.717) is 11.7 Å². The van der Waals surface area contributed by atoms with Crippen molar-refractivity contribution in [3.8, 4) is 0 Å². The number of aliphatic hydroxyl groups excluding tert-OH is 1. The van der Waals surface area contributed by atoms with Gasteiger partial charge in [-0.2, -0.15) is 0 Å². The number of aliphatic hydroxyl groups is 1. The minimum atomic E-state index is -0.315. The van der Waals surface area contributed by atoms with Crippen molar-refractivity contribution in [1.82, 2.24) is 4.98 Å². The zero-order valence-electron chi connectivity index (χ0n) is 8.73. The van der Waals surface area contributed by atoms with E-state index in [9.17, 15) is 9.50 Å². The summed E-state index contributed by atoms with van der Waals surface area (Å²) in [5.41, 5.74) is 0. The molecule has 0 bridgehead atoms. The van der Waals surface area contributed by atoms with Crippen LogP contribution in [0, 0.1) is 11.7 Å². The third kappa shape index (κ3) is 1.81. The Bertz CT molecular complexity index is 345. The minimum Gasteiger partial charge on any atom is -0.394 e. The van der Waals surface area contributed by atoms with Gasteiger partial charge >= 0.3 is 0 Å². The molecule has 1 aliphatic heterocycles. The van der Waals surface area contributed by atoms with E-state index in [2.05, 4.69) is 11.9 Å². The molecule has 15 heavy (non-hydrogen) atoms. The summed E-state index contributed by atoms with van der Waals surface area (Å²) in [7, 11) is 0. The molecule has 2 heterocycles. The van der Waals surface area contributed by atoms with Gasteiger partial charge in [-0.1, -0.05) is 6.92 Å². The number of pyridine rings is 1. The van der Waals surface area contributed by atoms with E-state index in [1.54, 1.807) is 12.3 Å². The summed E-state index contributed by atoms with van der Waals surface area (Å²) in [6.45, 7) is 2.89. The fourth-order valence-electron chi connectivity index (χ4n) is 2.14. The van der Waals surface area contributed by atoms with Gasteiger partial charge in [0, 0.05) is 12.7 Å². The molecule has 1 aromatic heterocycles. The molecule has 1 saturated heterocycles. The van der Waals surface area contributed by atoms with Crippen molar-refractivity contribution in [3.63, 3.8) is 0 Å². The molecule has 1 aromatic rings. The Morgan fingerprint density at radius 3 is 3.13 bits per heavy atom. The van der Waals surface area contributed by atoms with Crippen molar-refractivity contribution in [3.05, 3.63) is 24.1 Å². The number of hydrogen-bond donors (Lipinski definition) is 1. The first-order valence-electron chi connectivity index (χ1n) is 5.22. The van der Waals surface area contributed by atoms with Gasteiger partial charge in [-0.3, -0.25) is 0 Å². The van der Waals surface area contributed by atoms with Gasteiger partial charge in [-0.05, 0) is 24.5 Å². The van der Waals surface area contributed by atoms with E-state index in [-0.39, 0.29) is 18.5 Å². The van der Waals surface area contributed by atoms with Crippen molar-refractivity contribution in [2.24, 2.45) is 5.92 Å². The van der Waals surface area contributed by atoms with Crippen LogP contribution < -0.4 is 4.90 Å². The Labute approximate surface area is 88.6 Å². The lowest BCUT2D eigenvalue weighted by atomic mass is 10.0. The zero-order chi connectivity index (χ0) is 10.8. The van der Waals surface area contributed by atoms with E-state index in [4.69, 9.17) is 0 Å². The van der Waals surface area contributed by atoms with Gasteiger partial charge in [0.1, 0.15) is 0 Å². The molecule has 4 heteroatoms. The topological polar surface area (TPSA) is 36.4 Å². The maximum Gasteiger partial charge on any atom is 0.165 e. The molecule has 0 aromatic carbocycles. The predicted octanol–water partition coefficient (Wildman–Crippen LogP) is 1.43. The molecule has 0 amide bonds. The molecule has 0 saturated carbocycles. The molecule has 0 spiro atoms. The number of halogens is 1. The number of hydrogen-bond acceptors (Lipinski definition) is 3. The lowest BCUT2D eigenvalue weighted by Crippen LogP contribution is -2.36. The predicted molar refractivity (Wildman–Crippen MR) is 56.2 cm³/mol. The summed E-state index contributed by atoms with van der Waals surface area (Å²) in [5, 5.41) is 9.27. The summed E-state index contributed by atoms with van der Waals surface area (Å²) in [6.07, 6.45) is 2.55. The van der Waals surface area contributed by atoms with Crippen LogP contribution in [0.5, 0.6) is 0 Å². The van der Waals surface area contributed by atoms with E-state index >= 15 is 0 Å². The van der Waals surface area contributed by atoms with Crippen LogP contribution in [0.4, 0.5) is 10.2 Å². The highest BCUT2D eigenvalue weighted by atomic mass is 19.1. The molecule has 82 valence electrons. The first-order valence-corrected chi connectivity index (χ1v) is 5.22. The molecule has 3 nitrogen and oxygen atoms in total. The smallest absolute Gasteiger partial charge is 0.165 e. The quantitative estimate of drug-likeness (QED) is 0.802. The van der Waals surface area contributed by atoms with Gasteiger partial charge < -0.3 is 10.0 Å². The molecule has 1 fully saturated rings. The summed E-state index contributed by atoms with van der Waals surface area (Å²) in [4.78, 5) is 5.89. The first-order chi connectivity index (χ1) is 7.24. The number of aromatic nitrogens is 1. The minimum absolute atomic E-state index is 0.00519. The highest BCUT2D eigenvalue weighted by molar-refractivity contribution is 5.42. The summed E-state index contributed by atoms with van der Waals surface area (Å²) >= 11 is 0. The van der Waals surface area contributed by atoms with Crippen LogP contribution in [-0.2, 0) is 0 Å². The number of anilines is 1. The fraction of sp³-hybridized carbons (Fsp3) is 0.545. The van der Waals surface area contributed by atoms with Crippen LogP contribution in [0.2, 0.25) is 0 Å². The Hall–Kier alpha value is -1.16. The summed E-state index contributed by atoms with van der Waals surface area (Å²) in [6, 6.07) is 2.97. The molecular weight excluding hydrogens is 195 g/mol. The second-order valence-electron chi connectivity index (χ2n) is 4.02. The monoisotopic (exact) mass is 210 g/mol. The van der Waals surface area contributed by atoms with E-state index in [0.717, 1.165) is 13.0 Å². The Kier molecular flexibility index (Phi) is 2.86. The standard InChI is InChI=1S/C11H15FN2O/c1-8-4-6-14(10(8)7-15)11-9(12)3-2-5-13-11/h2-3,5,8,10,15H,4,6-7H2,1H3/t8-,10+/m1/s1. The normalized spacial score (nSPS) is 25.9. The van der Waals surface area contributed by atoms with Gasteiger partial charge in [0.25, 0.3) is 0 Å². The van der Waals surface area contributed by atoms with Gasteiger partial charge in [0.2, 0.25) is 0 Å². The van der Waals surface area contributed by atoms with Crippen molar-refractivity contribution >= 4 is 5.82 Å². The van der Waals surface area contributed by atoms with E-state index in [1.165, 1.54) is 6.07 Å². The number of rotatable bonds is 2. The summed E-state index contributed by atoms with van der Waals surface area (Å²) < 4.78 is 13.5. The summed E-state index contributed by atoms with van der Waals surface area (Å²) in [5.74, 6) is 0.433. The average molecular weight is 210 g/mol. The second-order valence-corrected chi connectivity index (χ2v) is 4.02. The Balaban J connectivity index is 2.28. The Morgan fingerprint density at radius 1 is 1.67 bits per heavy atom. The highest BCUT2D eigenvalue weighted by Gasteiger charge is 2.32. The molecule has 0 radical (unpaired) electrons. The first kappa shape index (κ1) is 10.4. The molecule has 1 aliphatic rings. The largest absolute Gasteiger partial charge is 0.394 e. The van der Waals surface area contributed by atoms with Gasteiger partial charge in [0.15, 0.2) is 11.6 Å². The third-order valence-corrected chi connectivity index (χ3v) is 3.08. The van der Waals surface area contributed by atoms with Crippen LogP contribution in [0.25, 0.3) is 0 Å². The fourth-order valence-corrected chi connectivity index (χ4v) is 2.14. The van der Waals surface area contributed by atoms with Crippen LogP contribution in [0.3, 0.4) is 0 Å². The van der Waals surface area contributed by atoms with Crippen LogP contribution in [0.15, 0.2) is 18.3 Å². The van der Waals surface area contributed by atoms with Gasteiger partial charge in [-0.25, -0.2) is 9.37 Å². The maximum atomic E-state index is 13.5. The average Bonchev–Trinajstić information content (AvgIpc) is 2.60. The Morgan fingerprint density at radius 2 is 2.47 bits per heavy atom. The second kappa shape index (κ2) is 4.14.